The number of sulfonamides is 1. The molecule has 3 aromatic rings. The number of nitrogens with zero attached hydrogens (tertiary/aromatic N) is 4. The van der Waals surface area contributed by atoms with Gasteiger partial charge in [-0.25, -0.2) is 18.4 Å². The molecular weight excluding hydrogens is 469 g/mol. The first kappa shape index (κ1) is 25.0. The number of phenols is 1. The molecule has 1 heterocycles. The Morgan fingerprint density at radius 2 is 1.85 bits per heavy atom. The van der Waals surface area contributed by atoms with Crippen molar-refractivity contribution in [3.05, 3.63) is 82.4 Å². The first-order chi connectivity index (χ1) is 15.9. The fourth-order valence-corrected chi connectivity index (χ4v) is 3.79. The van der Waals surface area contributed by atoms with E-state index in [2.05, 4.69) is 9.97 Å². The van der Waals surface area contributed by atoms with E-state index in [-0.39, 0.29) is 42.1 Å². The maximum Gasteiger partial charge on any atom is 0.419 e. The minimum absolute atomic E-state index is 0.0466. The summed E-state index contributed by atoms with van der Waals surface area (Å²) < 4.78 is 65.3. The molecule has 0 aliphatic carbocycles. The molecule has 0 saturated carbocycles. The zero-order chi connectivity index (χ0) is 25.1. The molecule has 1 N–H and O–H groups in total. The van der Waals surface area contributed by atoms with E-state index in [0.717, 1.165) is 16.8 Å². The summed E-state index contributed by atoms with van der Waals surface area (Å²) in [5.41, 5.74) is 0.555. The molecule has 0 radical (unpaired) electrons. The lowest BCUT2D eigenvalue weighted by Crippen LogP contribution is -2.24. The molecule has 0 amide bonds. The van der Waals surface area contributed by atoms with E-state index in [0.29, 0.717) is 16.8 Å². The second kappa shape index (κ2) is 9.69. The molecule has 7 nitrogen and oxygen atoms in total. The molecule has 0 atom stereocenters. The minimum Gasteiger partial charge on any atom is -0.507 e. The average molecular weight is 491 g/mol. The number of alkyl halides is 3. The Bertz CT molecular complexity index is 1350. The van der Waals surface area contributed by atoms with Crippen LogP contribution in [0.3, 0.4) is 0 Å². The first-order valence-electron chi connectivity index (χ1n) is 10.1. The largest absolute Gasteiger partial charge is 0.507 e. The highest BCUT2D eigenvalue weighted by molar-refractivity contribution is 7.92. The highest BCUT2D eigenvalue weighted by atomic mass is 32.2. The zero-order valence-corrected chi connectivity index (χ0v) is 19.2. The van der Waals surface area contributed by atoms with Gasteiger partial charge in [0.2, 0.25) is 10.0 Å². The molecule has 0 spiro atoms. The molecule has 11 heteroatoms. The molecule has 34 heavy (non-hydrogen) atoms. The number of aryl methyl sites for hydroxylation is 2. The smallest absolute Gasteiger partial charge is 0.419 e. The molecule has 178 valence electrons. The first-order valence-corrected chi connectivity index (χ1v) is 11.9. The van der Waals surface area contributed by atoms with E-state index in [1.807, 2.05) is 6.07 Å². The van der Waals surface area contributed by atoms with Gasteiger partial charge in [-0.3, -0.25) is 4.31 Å². The molecule has 0 fully saturated rings. The SMILES string of the molecule is CN(c1cccc(CCc2nc(Cc3ccc(C#N)c(O)c3)ncc2C(F)(F)F)c1)S(C)(=O)=O. The van der Waals surface area contributed by atoms with Crippen LogP contribution >= 0.6 is 0 Å². The summed E-state index contributed by atoms with van der Waals surface area (Å²) in [5.74, 6) is -0.0938. The Hall–Kier alpha value is -3.65. The summed E-state index contributed by atoms with van der Waals surface area (Å²) >= 11 is 0. The number of hydrogen-bond donors (Lipinski definition) is 1. The number of nitriles is 1. The minimum atomic E-state index is -4.64. The lowest BCUT2D eigenvalue weighted by atomic mass is 10.0. The summed E-state index contributed by atoms with van der Waals surface area (Å²) in [5, 5.41) is 18.8. The zero-order valence-electron chi connectivity index (χ0n) is 18.3. The number of phenolic OH excluding ortho intramolecular Hbond substituents is 1. The maximum absolute atomic E-state index is 13.6. The summed E-state index contributed by atoms with van der Waals surface area (Å²) in [6, 6.07) is 12.7. The third-order valence-corrected chi connectivity index (χ3v) is 6.40. The van der Waals surface area contributed by atoms with Crippen molar-refractivity contribution in [2.24, 2.45) is 0 Å². The van der Waals surface area contributed by atoms with Crippen LogP contribution in [0.25, 0.3) is 0 Å². The lowest BCUT2D eigenvalue weighted by Gasteiger charge is -2.17. The highest BCUT2D eigenvalue weighted by Gasteiger charge is 2.34. The van der Waals surface area contributed by atoms with Crippen LogP contribution in [0.2, 0.25) is 0 Å². The van der Waals surface area contributed by atoms with Crippen molar-refractivity contribution in [1.29, 1.82) is 5.26 Å². The maximum atomic E-state index is 13.6. The molecule has 0 unspecified atom stereocenters. The Labute approximate surface area is 195 Å². The van der Waals surface area contributed by atoms with Gasteiger partial charge in [-0.2, -0.15) is 18.4 Å². The fraction of sp³-hybridized carbons (Fsp3) is 0.261. The number of aromatic hydroxyl groups is 1. The van der Waals surface area contributed by atoms with Crippen molar-refractivity contribution in [1.82, 2.24) is 9.97 Å². The summed E-state index contributed by atoms with van der Waals surface area (Å²) in [6.45, 7) is 0. The van der Waals surface area contributed by atoms with Crippen molar-refractivity contribution < 1.29 is 26.7 Å². The molecule has 3 rings (SSSR count). The normalized spacial score (nSPS) is 11.8. The number of anilines is 1. The van der Waals surface area contributed by atoms with Crippen LogP contribution in [0.4, 0.5) is 18.9 Å². The van der Waals surface area contributed by atoms with E-state index in [1.54, 1.807) is 30.3 Å². The molecule has 2 aromatic carbocycles. The van der Waals surface area contributed by atoms with Gasteiger partial charge in [0.15, 0.2) is 0 Å². The topological polar surface area (TPSA) is 107 Å². The standard InChI is InChI=1S/C23H21F3N4O3S/c1-30(34(2,32)33)18-5-3-4-15(10-18)7-9-20-19(23(24,25)26)14-28-22(29-20)12-16-6-8-17(13-27)21(31)11-16/h3-6,8,10-11,14,31H,7,9,12H2,1-2H3. The van der Waals surface area contributed by atoms with Gasteiger partial charge in [0, 0.05) is 19.7 Å². The van der Waals surface area contributed by atoms with Gasteiger partial charge in [0.05, 0.1) is 28.8 Å². The molecule has 1 aromatic heterocycles. The van der Waals surface area contributed by atoms with E-state index in [9.17, 15) is 26.7 Å². The number of halogens is 3. The van der Waals surface area contributed by atoms with Gasteiger partial charge in [-0.15, -0.1) is 0 Å². The van der Waals surface area contributed by atoms with Crippen molar-refractivity contribution in [2.45, 2.75) is 25.4 Å². The highest BCUT2D eigenvalue weighted by Crippen LogP contribution is 2.32. The van der Waals surface area contributed by atoms with Crippen LogP contribution in [0.1, 0.15) is 33.8 Å². The van der Waals surface area contributed by atoms with E-state index >= 15 is 0 Å². The van der Waals surface area contributed by atoms with E-state index in [1.165, 1.54) is 19.2 Å². The van der Waals surface area contributed by atoms with Gasteiger partial charge in [-0.05, 0) is 48.2 Å². The van der Waals surface area contributed by atoms with Gasteiger partial charge in [0.1, 0.15) is 17.6 Å². The van der Waals surface area contributed by atoms with Crippen LogP contribution in [0, 0.1) is 11.3 Å². The Morgan fingerprint density at radius 1 is 1.12 bits per heavy atom. The van der Waals surface area contributed by atoms with Crippen LogP contribution in [0.15, 0.2) is 48.7 Å². The Kier molecular flexibility index (Phi) is 7.12. The van der Waals surface area contributed by atoms with Gasteiger partial charge >= 0.3 is 6.18 Å². The fourth-order valence-electron chi connectivity index (χ4n) is 3.30. The monoisotopic (exact) mass is 490 g/mol. The van der Waals surface area contributed by atoms with Crippen LogP contribution in [0.5, 0.6) is 5.75 Å². The molecular formula is C23H21F3N4O3S. The summed E-state index contributed by atoms with van der Waals surface area (Å²) in [6.07, 6.45) is -2.62. The van der Waals surface area contributed by atoms with Crippen molar-refractivity contribution in [2.75, 3.05) is 17.6 Å². The van der Waals surface area contributed by atoms with Crippen LogP contribution in [-0.2, 0) is 35.5 Å². The molecule has 0 bridgehead atoms. The summed E-state index contributed by atoms with van der Waals surface area (Å²) in [7, 11) is -2.08. The van der Waals surface area contributed by atoms with Crippen molar-refractivity contribution in [3.63, 3.8) is 0 Å². The van der Waals surface area contributed by atoms with Gasteiger partial charge < -0.3 is 5.11 Å². The Balaban J connectivity index is 1.87. The van der Waals surface area contributed by atoms with Crippen molar-refractivity contribution >= 4 is 15.7 Å². The molecule has 0 aliphatic rings. The average Bonchev–Trinajstić information content (AvgIpc) is 2.76. The Morgan fingerprint density at radius 3 is 2.47 bits per heavy atom. The predicted molar refractivity (Wildman–Crippen MR) is 120 cm³/mol. The van der Waals surface area contributed by atoms with E-state index < -0.39 is 21.8 Å². The van der Waals surface area contributed by atoms with Gasteiger partial charge in [0.25, 0.3) is 0 Å². The number of rotatable bonds is 7. The third kappa shape index (κ3) is 6.02. The molecule has 0 aliphatic heterocycles. The van der Waals surface area contributed by atoms with Gasteiger partial charge in [-0.1, -0.05) is 18.2 Å². The second-order valence-corrected chi connectivity index (χ2v) is 9.70. The number of benzene rings is 2. The number of aromatic nitrogens is 2. The van der Waals surface area contributed by atoms with Crippen LogP contribution < -0.4 is 4.31 Å². The lowest BCUT2D eigenvalue weighted by molar-refractivity contribution is -0.138. The van der Waals surface area contributed by atoms with E-state index in [4.69, 9.17) is 5.26 Å². The number of hydrogen-bond acceptors (Lipinski definition) is 6. The molecule has 0 saturated heterocycles. The quantitative estimate of drug-likeness (QED) is 0.539. The summed E-state index contributed by atoms with van der Waals surface area (Å²) in [4.78, 5) is 7.98. The third-order valence-electron chi connectivity index (χ3n) is 5.19. The predicted octanol–water partition coefficient (Wildman–Crippen LogP) is 3.84. The second-order valence-electron chi connectivity index (χ2n) is 7.68. The van der Waals surface area contributed by atoms with Crippen LogP contribution in [-0.4, -0.2) is 36.8 Å². The van der Waals surface area contributed by atoms with Crippen molar-refractivity contribution in [3.8, 4) is 11.8 Å².